The molecule has 1 atom stereocenters. The number of thioether (sulfide) groups is 1. The van der Waals surface area contributed by atoms with E-state index in [1.165, 1.54) is 26.0 Å². The summed E-state index contributed by atoms with van der Waals surface area (Å²) >= 11 is 1.34. The fourth-order valence-electron chi connectivity index (χ4n) is 3.61. The number of amides is 2. The Morgan fingerprint density at radius 3 is 2.62 bits per heavy atom. The molecule has 1 aliphatic rings. The normalized spacial score (nSPS) is 14.7. The maximum atomic E-state index is 13.1. The zero-order chi connectivity index (χ0) is 24.2. The van der Waals surface area contributed by atoms with Crippen LogP contribution in [0, 0.1) is 6.92 Å². The Labute approximate surface area is 200 Å². The number of fused-ring (bicyclic) bond motifs is 1. The van der Waals surface area contributed by atoms with Crippen LogP contribution >= 0.6 is 11.8 Å². The van der Waals surface area contributed by atoms with Gasteiger partial charge in [-0.25, -0.2) is 4.98 Å². The standard InChI is InChI=1S/C24H24N4O5S/c1-13-4-6-14(7-5-13)12-34-24-27-21-20(23(31)28-24)16(11-19(29)26-21)22(30)25-17-10-15(32-2)8-9-18(17)33-3/h4-10,16H,11-12H2,1-3H3,(H,25,30)(H2,26,27,28,29,31)/t16-/m0/s1. The van der Waals surface area contributed by atoms with E-state index in [2.05, 4.69) is 20.6 Å². The van der Waals surface area contributed by atoms with Crippen LogP contribution < -0.4 is 25.7 Å². The van der Waals surface area contributed by atoms with Gasteiger partial charge in [-0.2, -0.15) is 0 Å². The molecule has 1 aromatic heterocycles. The molecule has 34 heavy (non-hydrogen) atoms. The van der Waals surface area contributed by atoms with Crippen molar-refractivity contribution in [3.63, 3.8) is 0 Å². The molecule has 3 aromatic rings. The zero-order valence-corrected chi connectivity index (χ0v) is 19.7. The van der Waals surface area contributed by atoms with Crippen molar-refractivity contribution in [2.24, 2.45) is 0 Å². The van der Waals surface area contributed by atoms with Crippen LogP contribution in [-0.2, 0) is 15.3 Å². The summed E-state index contributed by atoms with van der Waals surface area (Å²) in [6.45, 7) is 2.01. The van der Waals surface area contributed by atoms with E-state index in [1.54, 1.807) is 18.2 Å². The molecule has 176 valence electrons. The molecule has 4 rings (SSSR count). The number of anilines is 2. The van der Waals surface area contributed by atoms with Crippen molar-refractivity contribution < 1.29 is 19.1 Å². The molecule has 10 heteroatoms. The number of hydrogen-bond acceptors (Lipinski definition) is 7. The summed E-state index contributed by atoms with van der Waals surface area (Å²) in [5.41, 5.74) is 2.26. The molecule has 3 N–H and O–H groups in total. The molecule has 0 aliphatic carbocycles. The second-order valence-electron chi connectivity index (χ2n) is 7.77. The summed E-state index contributed by atoms with van der Waals surface area (Å²) in [6, 6.07) is 13.0. The maximum absolute atomic E-state index is 13.1. The highest BCUT2D eigenvalue weighted by Gasteiger charge is 2.35. The molecule has 1 aliphatic heterocycles. The van der Waals surface area contributed by atoms with Crippen LogP contribution in [0.3, 0.4) is 0 Å². The summed E-state index contributed by atoms with van der Waals surface area (Å²) in [5, 5.41) is 5.74. The first-order valence-corrected chi connectivity index (χ1v) is 11.5. The third-order valence-corrected chi connectivity index (χ3v) is 6.35. The van der Waals surface area contributed by atoms with Gasteiger partial charge in [0.25, 0.3) is 5.56 Å². The summed E-state index contributed by atoms with van der Waals surface area (Å²) in [7, 11) is 2.99. The van der Waals surface area contributed by atoms with Crippen molar-refractivity contribution >= 4 is 35.1 Å². The lowest BCUT2D eigenvalue weighted by molar-refractivity contribution is -0.123. The quantitative estimate of drug-likeness (QED) is 0.350. The van der Waals surface area contributed by atoms with Crippen LogP contribution in [0.15, 0.2) is 52.4 Å². The number of carbonyl (C=O) groups excluding carboxylic acids is 2. The van der Waals surface area contributed by atoms with Crippen LogP contribution in [0.5, 0.6) is 11.5 Å². The van der Waals surface area contributed by atoms with Crippen LogP contribution in [-0.4, -0.2) is 36.0 Å². The number of benzene rings is 2. The number of aryl methyl sites for hydroxylation is 1. The highest BCUT2D eigenvalue weighted by Crippen LogP contribution is 2.33. The number of carbonyl (C=O) groups is 2. The Morgan fingerprint density at radius 2 is 1.91 bits per heavy atom. The number of nitrogens with zero attached hydrogens (tertiary/aromatic N) is 1. The van der Waals surface area contributed by atoms with Gasteiger partial charge in [-0.15, -0.1) is 0 Å². The van der Waals surface area contributed by atoms with Gasteiger partial charge in [-0.1, -0.05) is 41.6 Å². The fourth-order valence-corrected chi connectivity index (χ4v) is 4.43. The maximum Gasteiger partial charge on any atom is 0.257 e. The van der Waals surface area contributed by atoms with Crippen molar-refractivity contribution in [2.45, 2.75) is 30.2 Å². The van der Waals surface area contributed by atoms with E-state index >= 15 is 0 Å². The average Bonchev–Trinajstić information content (AvgIpc) is 2.82. The highest BCUT2D eigenvalue weighted by atomic mass is 32.2. The second kappa shape index (κ2) is 10.0. The van der Waals surface area contributed by atoms with Crippen LogP contribution in [0.1, 0.15) is 29.0 Å². The third kappa shape index (κ3) is 5.07. The largest absolute Gasteiger partial charge is 0.497 e. The number of aromatic amines is 1. The van der Waals surface area contributed by atoms with Crippen LogP contribution in [0.4, 0.5) is 11.5 Å². The third-order valence-electron chi connectivity index (χ3n) is 5.41. The van der Waals surface area contributed by atoms with Gasteiger partial charge >= 0.3 is 0 Å². The number of methoxy groups -OCH3 is 2. The molecule has 0 fully saturated rings. The Morgan fingerprint density at radius 1 is 1.15 bits per heavy atom. The molecule has 2 amide bonds. The van der Waals surface area contributed by atoms with Crippen LogP contribution in [0.2, 0.25) is 0 Å². The Hall–Kier alpha value is -3.79. The second-order valence-corrected chi connectivity index (χ2v) is 8.73. The minimum atomic E-state index is -1.01. The van der Waals surface area contributed by atoms with Crippen molar-refractivity contribution in [2.75, 3.05) is 24.9 Å². The van der Waals surface area contributed by atoms with E-state index in [-0.39, 0.29) is 17.8 Å². The van der Waals surface area contributed by atoms with Crippen molar-refractivity contribution in [1.82, 2.24) is 9.97 Å². The van der Waals surface area contributed by atoms with E-state index < -0.39 is 23.3 Å². The number of nitrogens with one attached hydrogen (secondary N) is 3. The van der Waals surface area contributed by atoms with Gasteiger partial charge in [0.2, 0.25) is 11.8 Å². The molecule has 0 saturated carbocycles. The van der Waals surface area contributed by atoms with Gasteiger partial charge in [0.15, 0.2) is 5.16 Å². The molecule has 2 aromatic carbocycles. The summed E-state index contributed by atoms with van der Waals surface area (Å²) in [4.78, 5) is 45.6. The van der Waals surface area contributed by atoms with Gasteiger partial charge in [0.1, 0.15) is 17.3 Å². The molecular weight excluding hydrogens is 456 g/mol. The number of H-pyrrole nitrogens is 1. The monoisotopic (exact) mass is 480 g/mol. The Bertz CT molecular complexity index is 1290. The molecule has 0 radical (unpaired) electrons. The fraction of sp³-hybridized carbons (Fsp3) is 0.250. The van der Waals surface area contributed by atoms with E-state index in [9.17, 15) is 14.4 Å². The lowest BCUT2D eigenvalue weighted by Gasteiger charge is -2.24. The van der Waals surface area contributed by atoms with Gasteiger partial charge in [0.05, 0.1) is 31.4 Å². The predicted octanol–water partition coefficient (Wildman–Crippen LogP) is 3.45. The topological polar surface area (TPSA) is 122 Å². The number of ether oxygens (including phenoxy) is 2. The van der Waals surface area contributed by atoms with E-state index in [0.717, 1.165) is 11.1 Å². The molecular formula is C24H24N4O5S. The first kappa shape index (κ1) is 23.4. The zero-order valence-electron chi connectivity index (χ0n) is 18.9. The first-order chi connectivity index (χ1) is 16.4. The van der Waals surface area contributed by atoms with Crippen molar-refractivity contribution in [3.8, 4) is 11.5 Å². The summed E-state index contributed by atoms with van der Waals surface area (Å²) < 4.78 is 10.5. The Balaban J connectivity index is 1.58. The minimum Gasteiger partial charge on any atom is -0.497 e. The SMILES string of the molecule is COc1ccc(OC)c(NC(=O)[C@H]2CC(=O)Nc3nc(SCc4ccc(C)cc4)[nH]c(=O)c32)c1. The van der Waals surface area contributed by atoms with Crippen molar-refractivity contribution in [1.29, 1.82) is 0 Å². The highest BCUT2D eigenvalue weighted by molar-refractivity contribution is 7.98. The number of hydrogen-bond donors (Lipinski definition) is 3. The van der Waals surface area contributed by atoms with Gasteiger partial charge in [-0.05, 0) is 24.6 Å². The average molecular weight is 481 g/mol. The van der Waals surface area contributed by atoms with Gasteiger partial charge in [0, 0.05) is 18.2 Å². The van der Waals surface area contributed by atoms with E-state index in [1.807, 2.05) is 31.2 Å². The molecule has 0 saturated heterocycles. The Kier molecular flexibility index (Phi) is 6.87. The van der Waals surface area contributed by atoms with Crippen LogP contribution in [0.25, 0.3) is 0 Å². The first-order valence-electron chi connectivity index (χ1n) is 10.5. The van der Waals surface area contributed by atoms with Gasteiger partial charge < -0.3 is 25.1 Å². The lowest BCUT2D eigenvalue weighted by Crippen LogP contribution is -2.36. The molecule has 9 nitrogen and oxygen atoms in total. The van der Waals surface area contributed by atoms with E-state index in [4.69, 9.17) is 9.47 Å². The number of aromatic nitrogens is 2. The molecule has 0 spiro atoms. The molecule has 0 unspecified atom stereocenters. The van der Waals surface area contributed by atoms with E-state index in [0.29, 0.717) is 28.1 Å². The predicted molar refractivity (Wildman–Crippen MR) is 130 cm³/mol. The molecule has 2 heterocycles. The lowest BCUT2D eigenvalue weighted by atomic mass is 9.92. The van der Waals surface area contributed by atoms with Crippen molar-refractivity contribution in [3.05, 3.63) is 69.5 Å². The summed E-state index contributed by atoms with van der Waals surface area (Å²) in [6.07, 6.45) is -0.175. The van der Waals surface area contributed by atoms with Gasteiger partial charge in [-0.3, -0.25) is 14.4 Å². The smallest absolute Gasteiger partial charge is 0.257 e. The molecule has 0 bridgehead atoms. The summed E-state index contributed by atoms with van der Waals surface area (Å²) in [5.74, 6) is -0.281. The number of rotatable bonds is 7. The minimum absolute atomic E-state index is 0.101.